The number of nitrogens with zero attached hydrogens (tertiary/aromatic N) is 1. The Morgan fingerprint density at radius 2 is 2.00 bits per heavy atom. The predicted molar refractivity (Wildman–Crippen MR) is 96.8 cm³/mol. The quantitative estimate of drug-likeness (QED) is 0.845. The van der Waals surface area contributed by atoms with E-state index in [1.165, 1.54) is 6.92 Å². The van der Waals surface area contributed by atoms with Crippen LogP contribution >= 0.6 is 0 Å². The number of pyridine rings is 1. The number of benzene rings is 1. The van der Waals surface area contributed by atoms with Gasteiger partial charge in [0.1, 0.15) is 5.56 Å². The maximum atomic E-state index is 12.6. The standard InChI is InChI=1S/C19H23N3O3/c1-5-25-19-17(10-9-12(2)20-19)18(24)21-13(3)15-7-6-8-16(11-15)22-14(4)23/h6-11,13H,5H2,1-4H3,(H,21,24)(H,22,23)/t13-/m0/s1. The van der Waals surface area contributed by atoms with Crippen LogP contribution in [0.25, 0.3) is 0 Å². The van der Waals surface area contributed by atoms with Crippen molar-refractivity contribution in [1.82, 2.24) is 10.3 Å². The molecule has 2 amide bonds. The van der Waals surface area contributed by atoms with Gasteiger partial charge in [-0.15, -0.1) is 0 Å². The first kappa shape index (κ1) is 18.4. The van der Waals surface area contributed by atoms with Crippen molar-refractivity contribution in [3.8, 4) is 5.88 Å². The van der Waals surface area contributed by atoms with E-state index in [0.29, 0.717) is 23.7 Å². The summed E-state index contributed by atoms with van der Waals surface area (Å²) in [7, 11) is 0. The average molecular weight is 341 g/mol. The number of aryl methyl sites for hydroxylation is 1. The molecule has 1 aromatic carbocycles. The van der Waals surface area contributed by atoms with Gasteiger partial charge in [0.2, 0.25) is 11.8 Å². The summed E-state index contributed by atoms with van der Waals surface area (Å²) in [5.41, 5.74) is 2.77. The lowest BCUT2D eigenvalue weighted by Gasteiger charge is -2.17. The molecule has 0 bridgehead atoms. The molecule has 1 heterocycles. The van der Waals surface area contributed by atoms with Gasteiger partial charge in [-0.2, -0.15) is 0 Å². The summed E-state index contributed by atoms with van der Waals surface area (Å²) in [6.07, 6.45) is 0. The maximum absolute atomic E-state index is 12.6. The summed E-state index contributed by atoms with van der Waals surface area (Å²) in [6.45, 7) is 7.47. The van der Waals surface area contributed by atoms with E-state index in [9.17, 15) is 9.59 Å². The van der Waals surface area contributed by atoms with Crippen molar-refractivity contribution in [3.05, 3.63) is 53.2 Å². The van der Waals surface area contributed by atoms with Crippen molar-refractivity contribution >= 4 is 17.5 Å². The highest BCUT2D eigenvalue weighted by Gasteiger charge is 2.17. The number of carbonyl (C=O) groups is 2. The monoisotopic (exact) mass is 341 g/mol. The van der Waals surface area contributed by atoms with E-state index in [1.54, 1.807) is 18.2 Å². The predicted octanol–water partition coefficient (Wildman–Crippen LogP) is 3.24. The molecule has 0 unspecified atom stereocenters. The highest BCUT2D eigenvalue weighted by atomic mass is 16.5. The number of aromatic nitrogens is 1. The van der Waals surface area contributed by atoms with Crippen LogP contribution in [0.2, 0.25) is 0 Å². The first-order valence-electron chi connectivity index (χ1n) is 8.19. The summed E-state index contributed by atoms with van der Waals surface area (Å²) >= 11 is 0. The van der Waals surface area contributed by atoms with Gasteiger partial charge >= 0.3 is 0 Å². The Labute approximate surface area is 147 Å². The number of amides is 2. The van der Waals surface area contributed by atoms with E-state index >= 15 is 0 Å². The van der Waals surface area contributed by atoms with Crippen molar-refractivity contribution in [2.75, 3.05) is 11.9 Å². The number of hydrogen-bond donors (Lipinski definition) is 2. The lowest BCUT2D eigenvalue weighted by atomic mass is 10.1. The zero-order chi connectivity index (χ0) is 18.4. The molecule has 0 aliphatic heterocycles. The molecule has 0 fully saturated rings. The fourth-order valence-corrected chi connectivity index (χ4v) is 2.40. The van der Waals surface area contributed by atoms with Crippen LogP contribution in [-0.4, -0.2) is 23.4 Å². The Kier molecular flexibility index (Phi) is 6.11. The molecule has 6 nitrogen and oxygen atoms in total. The van der Waals surface area contributed by atoms with Crippen LogP contribution in [0.4, 0.5) is 5.69 Å². The van der Waals surface area contributed by atoms with Crippen molar-refractivity contribution in [3.63, 3.8) is 0 Å². The van der Waals surface area contributed by atoms with Crippen LogP contribution in [0.3, 0.4) is 0 Å². The molecule has 2 rings (SSSR count). The number of ether oxygens (including phenoxy) is 1. The average Bonchev–Trinajstić information content (AvgIpc) is 2.54. The zero-order valence-electron chi connectivity index (χ0n) is 14.9. The zero-order valence-corrected chi connectivity index (χ0v) is 14.9. The Bertz CT molecular complexity index is 774. The smallest absolute Gasteiger partial charge is 0.257 e. The Hall–Kier alpha value is -2.89. The van der Waals surface area contributed by atoms with Crippen LogP contribution in [-0.2, 0) is 4.79 Å². The van der Waals surface area contributed by atoms with Crippen LogP contribution in [0.1, 0.15) is 48.4 Å². The molecule has 1 aromatic heterocycles. The first-order chi connectivity index (χ1) is 11.9. The number of anilines is 1. The lowest BCUT2D eigenvalue weighted by Crippen LogP contribution is -2.27. The van der Waals surface area contributed by atoms with Crippen LogP contribution in [0, 0.1) is 6.92 Å². The minimum absolute atomic E-state index is 0.138. The molecular weight excluding hydrogens is 318 g/mol. The SMILES string of the molecule is CCOc1nc(C)ccc1C(=O)N[C@@H](C)c1cccc(NC(C)=O)c1. The third-order valence-corrected chi connectivity index (χ3v) is 3.58. The second-order valence-corrected chi connectivity index (χ2v) is 5.74. The van der Waals surface area contributed by atoms with Gasteiger partial charge in [-0.05, 0) is 50.6 Å². The molecular formula is C19H23N3O3. The van der Waals surface area contributed by atoms with Gasteiger partial charge in [0.25, 0.3) is 5.91 Å². The van der Waals surface area contributed by atoms with E-state index in [4.69, 9.17) is 4.74 Å². The van der Waals surface area contributed by atoms with E-state index in [1.807, 2.05) is 39.0 Å². The third-order valence-electron chi connectivity index (χ3n) is 3.58. The topological polar surface area (TPSA) is 80.3 Å². The van der Waals surface area contributed by atoms with Gasteiger partial charge in [-0.1, -0.05) is 12.1 Å². The van der Waals surface area contributed by atoms with Gasteiger partial charge in [0, 0.05) is 18.3 Å². The number of hydrogen-bond acceptors (Lipinski definition) is 4. The second kappa shape index (κ2) is 8.28. The largest absolute Gasteiger partial charge is 0.477 e. The van der Waals surface area contributed by atoms with Crippen LogP contribution in [0.5, 0.6) is 5.88 Å². The van der Waals surface area contributed by atoms with Gasteiger partial charge in [-0.3, -0.25) is 9.59 Å². The van der Waals surface area contributed by atoms with E-state index in [0.717, 1.165) is 11.3 Å². The number of rotatable bonds is 6. The van der Waals surface area contributed by atoms with Crippen molar-refractivity contribution in [2.45, 2.75) is 33.7 Å². The van der Waals surface area contributed by atoms with Gasteiger partial charge in [0.05, 0.1) is 12.6 Å². The first-order valence-corrected chi connectivity index (χ1v) is 8.19. The second-order valence-electron chi connectivity index (χ2n) is 5.74. The molecule has 0 spiro atoms. The van der Waals surface area contributed by atoms with Crippen molar-refractivity contribution in [1.29, 1.82) is 0 Å². The summed E-state index contributed by atoms with van der Waals surface area (Å²) in [4.78, 5) is 28.1. The van der Waals surface area contributed by atoms with Crippen LogP contribution in [0.15, 0.2) is 36.4 Å². The molecule has 6 heteroatoms. The normalized spacial score (nSPS) is 11.5. The van der Waals surface area contributed by atoms with Gasteiger partial charge in [-0.25, -0.2) is 4.98 Å². The fourth-order valence-electron chi connectivity index (χ4n) is 2.40. The molecule has 0 saturated heterocycles. The molecule has 2 aromatic rings. The minimum Gasteiger partial charge on any atom is -0.477 e. The summed E-state index contributed by atoms with van der Waals surface area (Å²) in [5, 5.41) is 5.68. The number of carbonyl (C=O) groups excluding carboxylic acids is 2. The summed E-state index contributed by atoms with van der Waals surface area (Å²) in [5.74, 6) is -0.0616. The number of nitrogens with one attached hydrogen (secondary N) is 2. The highest BCUT2D eigenvalue weighted by Crippen LogP contribution is 2.20. The van der Waals surface area contributed by atoms with Crippen molar-refractivity contribution in [2.24, 2.45) is 0 Å². The third kappa shape index (κ3) is 5.04. The van der Waals surface area contributed by atoms with E-state index < -0.39 is 0 Å². The Morgan fingerprint density at radius 3 is 2.68 bits per heavy atom. The molecule has 25 heavy (non-hydrogen) atoms. The van der Waals surface area contributed by atoms with E-state index in [2.05, 4.69) is 15.6 Å². The molecule has 0 aliphatic rings. The van der Waals surface area contributed by atoms with Crippen molar-refractivity contribution < 1.29 is 14.3 Å². The Balaban J connectivity index is 2.16. The molecule has 0 saturated carbocycles. The Morgan fingerprint density at radius 1 is 1.24 bits per heavy atom. The fraction of sp³-hybridized carbons (Fsp3) is 0.316. The van der Waals surface area contributed by atoms with Crippen LogP contribution < -0.4 is 15.4 Å². The molecule has 132 valence electrons. The van der Waals surface area contributed by atoms with Gasteiger partial charge in [0.15, 0.2) is 0 Å². The minimum atomic E-state index is -0.256. The highest BCUT2D eigenvalue weighted by molar-refractivity contribution is 5.96. The lowest BCUT2D eigenvalue weighted by molar-refractivity contribution is -0.114. The van der Waals surface area contributed by atoms with E-state index in [-0.39, 0.29) is 17.9 Å². The molecule has 1 atom stereocenters. The maximum Gasteiger partial charge on any atom is 0.257 e. The summed E-state index contributed by atoms with van der Waals surface area (Å²) < 4.78 is 5.47. The molecule has 0 aliphatic carbocycles. The van der Waals surface area contributed by atoms with Gasteiger partial charge < -0.3 is 15.4 Å². The molecule has 2 N–H and O–H groups in total. The molecule has 0 radical (unpaired) electrons. The summed E-state index contributed by atoms with van der Waals surface area (Å²) in [6, 6.07) is 10.6.